The quantitative estimate of drug-likeness (QED) is 0.472. The molecule has 0 saturated heterocycles. The van der Waals surface area contributed by atoms with Crippen LogP contribution in [-0.4, -0.2) is 39.1 Å². The van der Waals surface area contributed by atoms with Gasteiger partial charge in [0.25, 0.3) is 5.56 Å². The molecule has 0 spiro atoms. The third kappa shape index (κ3) is 3.61. The summed E-state index contributed by atoms with van der Waals surface area (Å²) in [5, 5.41) is 3.86. The van der Waals surface area contributed by atoms with Crippen molar-refractivity contribution >= 4 is 22.6 Å². The molecule has 8 nitrogen and oxygen atoms in total. The summed E-state index contributed by atoms with van der Waals surface area (Å²) in [6, 6.07) is 9.47. The summed E-state index contributed by atoms with van der Waals surface area (Å²) in [4.78, 5) is 31.2. The zero-order chi connectivity index (χ0) is 21.3. The monoisotopic (exact) mass is 408 g/mol. The van der Waals surface area contributed by atoms with Crippen LogP contribution in [0.4, 0.5) is 0 Å². The number of aryl methyl sites for hydroxylation is 1. The van der Waals surface area contributed by atoms with E-state index in [9.17, 15) is 9.59 Å². The minimum absolute atomic E-state index is 0.243. The van der Waals surface area contributed by atoms with Crippen LogP contribution in [0, 0.1) is 0 Å². The lowest BCUT2D eigenvalue weighted by Crippen LogP contribution is -2.22. The molecule has 0 bridgehead atoms. The number of fused-ring (bicyclic) bond motifs is 2. The molecule has 156 valence electrons. The van der Waals surface area contributed by atoms with Gasteiger partial charge >= 0.3 is 5.97 Å². The van der Waals surface area contributed by atoms with Crippen molar-refractivity contribution < 1.29 is 13.9 Å². The van der Waals surface area contributed by atoms with Crippen LogP contribution in [0.2, 0.25) is 0 Å². The number of furan rings is 1. The van der Waals surface area contributed by atoms with Gasteiger partial charge in [0.1, 0.15) is 16.9 Å². The van der Waals surface area contributed by atoms with Crippen molar-refractivity contribution in [2.45, 2.75) is 33.4 Å². The van der Waals surface area contributed by atoms with E-state index in [2.05, 4.69) is 28.0 Å². The Labute approximate surface area is 173 Å². The maximum Gasteiger partial charge on any atom is 0.343 e. The standard InChI is InChI=1S/C22H24N4O4/c1-4-18-17(15-8-6-7-9-19(15)30-18)13-25(3)12-14-10-20(27)26-21(24-14)16(11-23-26)22(28)29-5-2/h6-11,23H,4-5,12-13H2,1-3H3. The Morgan fingerprint density at radius 2 is 2.07 bits per heavy atom. The SMILES string of the molecule is CCOC(=O)c1c[nH]n2c(=O)cc(CN(C)Cc3c(CC)oc4ccccc34)nc12. The predicted molar refractivity (Wildman–Crippen MR) is 113 cm³/mol. The zero-order valence-corrected chi connectivity index (χ0v) is 17.3. The summed E-state index contributed by atoms with van der Waals surface area (Å²) >= 11 is 0. The molecule has 30 heavy (non-hydrogen) atoms. The summed E-state index contributed by atoms with van der Waals surface area (Å²) in [5.41, 5.74) is 2.84. The molecule has 4 aromatic rings. The van der Waals surface area contributed by atoms with Crippen molar-refractivity contribution in [1.82, 2.24) is 19.5 Å². The van der Waals surface area contributed by atoms with Gasteiger partial charge in [0.05, 0.1) is 12.3 Å². The maximum absolute atomic E-state index is 12.5. The van der Waals surface area contributed by atoms with Crippen LogP contribution >= 0.6 is 0 Å². The van der Waals surface area contributed by atoms with E-state index in [1.165, 1.54) is 16.8 Å². The average Bonchev–Trinajstić information content (AvgIpc) is 3.30. The number of para-hydroxylation sites is 1. The fourth-order valence-corrected chi connectivity index (χ4v) is 3.68. The first kappa shape index (κ1) is 19.9. The molecular weight excluding hydrogens is 384 g/mol. The van der Waals surface area contributed by atoms with Crippen molar-refractivity contribution in [3.63, 3.8) is 0 Å². The van der Waals surface area contributed by atoms with Gasteiger partial charge in [-0.15, -0.1) is 0 Å². The molecule has 3 heterocycles. The van der Waals surface area contributed by atoms with Crippen LogP contribution in [0.1, 0.15) is 41.2 Å². The van der Waals surface area contributed by atoms with Crippen molar-refractivity contribution in [2.75, 3.05) is 13.7 Å². The highest BCUT2D eigenvalue weighted by atomic mass is 16.5. The molecule has 0 amide bonds. The van der Waals surface area contributed by atoms with Crippen LogP contribution in [0.25, 0.3) is 16.6 Å². The predicted octanol–water partition coefficient (Wildman–Crippen LogP) is 3.14. The van der Waals surface area contributed by atoms with Gasteiger partial charge in [-0.3, -0.25) is 14.8 Å². The molecule has 0 aliphatic carbocycles. The van der Waals surface area contributed by atoms with Crippen molar-refractivity contribution in [2.24, 2.45) is 0 Å². The van der Waals surface area contributed by atoms with Gasteiger partial charge < -0.3 is 9.15 Å². The minimum Gasteiger partial charge on any atom is -0.462 e. The first-order valence-electron chi connectivity index (χ1n) is 9.96. The molecule has 0 aliphatic rings. The highest BCUT2D eigenvalue weighted by Gasteiger charge is 2.18. The Morgan fingerprint density at radius 3 is 2.83 bits per heavy atom. The summed E-state index contributed by atoms with van der Waals surface area (Å²) in [6.45, 7) is 5.15. The fourth-order valence-electron chi connectivity index (χ4n) is 3.68. The number of ether oxygens (including phenoxy) is 1. The number of nitrogens with zero attached hydrogens (tertiary/aromatic N) is 3. The minimum atomic E-state index is -0.508. The third-order valence-electron chi connectivity index (χ3n) is 5.01. The number of esters is 1. The number of aromatic nitrogens is 3. The van der Waals surface area contributed by atoms with Gasteiger partial charge in [0, 0.05) is 42.7 Å². The molecule has 0 atom stereocenters. The Hall–Kier alpha value is -3.39. The largest absolute Gasteiger partial charge is 0.462 e. The molecule has 1 aromatic carbocycles. The number of rotatable bonds is 7. The summed E-state index contributed by atoms with van der Waals surface area (Å²) in [6.07, 6.45) is 2.25. The van der Waals surface area contributed by atoms with Gasteiger partial charge in [0.15, 0.2) is 5.65 Å². The number of carbonyl (C=O) groups is 1. The lowest BCUT2D eigenvalue weighted by atomic mass is 10.1. The van der Waals surface area contributed by atoms with Gasteiger partial charge in [-0.05, 0) is 20.0 Å². The molecule has 4 rings (SSSR count). The molecule has 0 unspecified atom stereocenters. The first-order valence-corrected chi connectivity index (χ1v) is 9.96. The van der Waals surface area contributed by atoms with E-state index in [0.29, 0.717) is 18.8 Å². The second kappa shape index (κ2) is 8.16. The van der Waals surface area contributed by atoms with Crippen LogP contribution in [0.5, 0.6) is 0 Å². The van der Waals surface area contributed by atoms with E-state index in [1.54, 1.807) is 6.92 Å². The van der Waals surface area contributed by atoms with E-state index in [1.807, 2.05) is 25.2 Å². The Morgan fingerprint density at radius 1 is 1.27 bits per heavy atom. The van der Waals surface area contributed by atoms with Crippen LogP contribution in [-0.2, 0) is 24.2 Å². The number of hydrogen-bond acceptors (Lipinski definition) is 6. The Bertz CT molecular complexity index is 1270. The molecule has 3 aromatic heterocycles. The lowest BCUT2D eigenvalue weighted by Gasteiger charge is -2.16. The van der Waals surface area contributed by atoms with E-state index in [-0.39, 0.29) is 23.4 Å². The second-order valence-electron chi connectivity index (χ2n) is 7.18. The highest BCUT2D eigenvalue weighted by molar-refractivity contribution is 5.95. The number of carbonyl (C=O) groups excluding carboxylic acids is 1. The fraction of sp³-hybridized carbons (Fsp3) is 0.318. The lowest BCUT2D eigenvalue weighted by molar-refractivity contribution is 0.0528. The highest BCUT2D eigenvalue weighted by Crippen LogP contribution is 2.27. The molecule has 0 fully saturated rings. The van der Waals surface area contributed by atoms with Crippen molar-refractivity contribution in [3.05, 3.63) is 69.5 Å². The van der Waals surface area contributed by atoms with Gasteiger partial charge in [-0.2, -0.15) is 0 Å². The maximum atomic E-state index is 12.5. The summed E-state index contributed by atoms with van der Waals surface area (Å²) in [7, 11) is 1.97. The van der Waals surface area contributed by atoms with Gasteiger partial charge in [-0.1, -0.05) is 25.1 Å². The summed E-state index contributed by atoms with van der Waals surface area (Å²) in [5.74, 6) is 0.452. The van der Waals surface area contributed by atoms with Gasteiger partial charge in [0.2, 0.25) is 0 Å². The molecule has 0 saturated carbocycles. The molecule has 1 N–H and O–H groups in total. The average molecular weight is 408 g/mol. The molecular formula is C22H24N4O4. The Kier molecular flexibility index (Phi) is 5.41. The van der Waals surface area contributed by atoms with Crippen molar-refractivity contribution in [3.8, 4) is 0 Å². The number of aromatic amines is 1. The van der Waals surface area contributed by atoms with Crippen LogP contribution in [0.3, 0.4) is 0 Å². The molecule has 8 heteroatoms. The Balaban J connectivity index is 1.62. The van der Waals surface area contributed by atoms with Crippen LogP contribution < -0.4 is 5.56 Å². The van der Waals surface area contributed by atoms with Crippen molar-refractivity contribution in [1.29, 1.82) is 0 Å². The second-order valence-corrected chi connectivity index (χ2v) is 7.18. The topological polar surface area (TPSA) is 92.8 Å². The number of nitrogens with one attached hydrogen (secondary N) is 1. The van der Waals surface area contributed by atoms with Gasteiger partial charge in [-0.25, -0.2) is 14.3 Å². The summed E-state index contributed by atoms with van der Waals surface area (Å²) < 4.78 is 12.3. The molecule has 0 aliphatic heterocycles. The normalized spacial score (nSPS) is 11.6. The van der Waals surface area contributed by atoms with E-state index in [0.717, 1.165) is 28.7 Å². The first-order chi connectivity index (χ1) is 14.5. The third-order valence-corrected chi connectivity index (χ3v) is 5.01. The molecule has 0 radical (unpaired) electrons. The number of H-pyrrole nitrogens is 1. The van der Waals surface area contributed by atoms with E-state index in [4.69, 9.17) is 9.15 Å². The van der Waals surface area contributed by atoms with E-state index >= 15 is 0 Å². The number of benzene rings is 1. The van der Waals surface area contributed by atoms with Crippen LogP contribution in [0.15, 0.2) is 45.7 Å². The smallest absolute Gasteiger partial charge is 0.343 e. The van der Waals surface area contributed by atoms with E-state index < -0.39 is 5.97 Å². The zero-order valence-electron chi connectivity index (χ0n) is 17.3. The number of hydrogen-bond donors (Lipinski definition) is 1.